The number of rotatable bonds is 4. The standard InChI is InChI=1S/C14H16N6O2/c21-13(11-7-15-5-6-16-11)19-10-8-17-20-12(10)14(22)18-9-3-1-2-4-9/h5-9H,1-4H2,(H,17,20)(H,18,22)(H,19,21). The van der Waals surface area contributed by atoms with Gasteiger partial charge in [-0.2, -0.15) is 5.10 Å². The van der Waals surface area contributed by atoms with Gasteiger partial charge in [-0.05, 0) is 12.8 Å². The van der Waals surface area contributed by atoms with Crippen molar-refractivity contribution in [1.29, 1.82) is 0 Å². The fourth-order valence-electron chi connectivity index (χ4n) is 2.48. The highest BCUT2D eigenvalue weighted by Gasteiger charge is 2.22. The van der Waals surface area contributed by atoms with Gasteiger partial charge in [-0.25, -0.2) is 4.98 Å². The summed E-state index contributed by atoms with van der Waals surface area (Å²) < 4.78 is 0. The van der Waals surface area contributed by atoms with Gasteiger partial charge in [-0.3, -0.25) is 19.7 Å². The average molecular weight is 300 g/mol. The molecule has 3 N–H and O–H groups in total. The first-order chi connectivity index (χ1) is 10.7. The predicted molar refractivity (Wildman–Crippen MR) is 78.3 cm³/mol. The number of nitrogens with one attached hydrogen (secondary N) is 3. The van der Waals surface area contributed by atoms with Crippen molar-refractivity contribution in [2.24, 2.45) is 0 Å². The summed E-state index contributed by atoms with van der Waals surface area (Å²) in [5.41, 5.74) is 0.668. The van der Waals surface area contributed by atoms with E-state index in [2.05, 4.69) is 30.8 Å². The van der Waals surface area contributed by atoms with Crippen molar-refractivity contribution < 1.29 is 9.59 Å². The molecule has 114 valence electrons. The third kappa shape index (κ3) is 3.11. The van der Waals surface area contributed by atoms with Crippen LogP contribution in [-0.4, -0.2) is 38.0 Å². The molecular weight excluding hydrogens is 284 g/mol. The van der Waals surface area contributed by atoms with Crippen LogP contribution in [0.1, 0.15) is 46.7 Å². The molecule has 2 heterocycles. The molecule has 0 aliphatic heterocycles. The van der Waals surface area contributed by atoms with Crippen molar-refractivity contribution in [1.82, 2.24) is 25.5 Å². The number of aromatic amines is 1. The van der Waals surface area contributed by atoms with E-state index in [1.54, 1.807) is 0 Å². The molecule has 2 aromatic heterocycles. The van der Waals surface area contributed by atoms with Gasteiger partial charge in [0, 0.05) is 24.6 Å². The zero-order chi connectivity index (χ0) is 15.4. The van der Waals surface area contributed by atoms with Crippen LogP contribution < -0.4 is 10.6 Å². The Hall–Kier alpha value is -2.77. The first kappa shape index (κ1) is 14.2. The lowest BCUT2D eigenvalue weighted by atomic mass is 10.2. The van der Waals surface area contributed by atoms with Crippen LogP contribution in [0.5, 0.6) is 0 Å². The molecule has 0 spiro atoms. The lowest BCUT2D eigenvalue weighted by Crippen LogP contribution is -2.33. The summed E-state index contributed by atoms with van der Waals surface area (Å²) >= 11 is 0. The van der Waals surface area contributed by atoms with E-state index in [1.165, 1.54) is 24.8 Å². The van der Waals surface area contributed by atoms with Crippen LogP contribution in [0.25, 0.3) is 0 Å². The molecule has 8 nitrogen and oxygen atoms in total. The summed E-state index contributed by atoms with van der Waals surface area (Å²) in [6.07, 6.45) is 9.96. The molecule has 1 aliphatic carbocycles. The highest BCUT2D eigenvalue weighted by molar-refractivity contribution is 6.07. The molecule has 0 bridgehead atoms. The molecule has 0 unspecified atom stereocenters. The quantitative estimate of drug-likeness (QED) is 0.783. The van der Waals surface area contributed by atoms with Gasteiger partial charge in [0.05, 0.1) is 11.9 Å². The lowest BCUT2D eigenvalue weighted by Gasteiger charge is -2.11. The van der Waals surface area contributed by atoms with Crippen LogP contribution in [0.4, 0.5) is 5.69 Å². The van der Waals surface area contributed by atoms with E-state index in [4.69, 9.17) is 0 Å². The van der Waals surface area contributed by atoms with Crippen LogP contribution in [0.3, 0.4) is 0 Å². The Labute approximate surface area is 126 Å². The van der Waals surface area contributed by atoms with E-state index < -0.39 is 5.91 Å². The molecule has 3 rings (SSSR count). The molecule has 8 heteroatoms. The lowest BCUT2D eigenvalue weighted by molar-refractivity contribution is 0.0933. The monoisotopic (exact) mass is 300 g/mol. The first-order valence-electron chi connectivity index (χ1n) is 7.16. The number of hydrogen-bond acceptors (Lipinski definition) is 5. The third-order valence-corrected chi connectivity index (χ3v) is 3.59. The maximum atomic E-state index is 12.2. The van der Waals surface area contributed by atoms with E-state index in [9.17, 15) is 9.59 Å². The van der Waals surface area contributed by atoms with Crippen molar-refractivity contribution in [2.75, 3.05) is 5.32 Å². The van der Waals surface area contributed by atoms with Crippen molar-refractivity contribution in [3.8, 4) is 0 Å². The summed E-state index contributed by atoms with van der Waals surface area (Å²) in [6, 6.07) is 0.188. The van der Waals surface area contributed by atoms with Gasteiger partial charge in [0.1, 0.15) is 5.69 Å². The van der Waals surface area contributed by atoms with Crippen molar-refractivity contribution in [2.45, 2.75) is 31.7 Å². The number of carbonyl (C=O) groups is 2. The van der Waals surface area contributed by atoms with Crippen molar-refractivity contribution in [3.05, 3.63) is 36.2 Å². The Morgan fingerprint density at radius 3 is 2.73 bits per heavy atom. The number of aromatic nitrogens is 4. The highest BCUT2D eigenvalue weighted by atomic mass is 16.2. The van der Waals surface area contributed by atoms with Crippen LogP contribution in [0, 0.1) is 0 Å². The Bertz CT molecular complexity index is 663. The second-order valence-electron chi connectivity index (χ2n) is 5.15. The Morgan fingerprint density at radius 1 is 1.18 bits per heavy atom. The van der Waals surface area contributed by atoms with E-state index in [0.717, 1.165) is 25.7 Å². The summed E-state index contributed by atoms with van der Waals surface area (Å²) in [4.78, 5) is 32.0. The zero-order valence-electron chi connectivity index (χ0n) is 11.9. The third-order valence-electron chi connectivity index (χ3n) is 3.59. The number of H-pyrrole nitrogens is 1. The maximum Gasteiger partial charge on any atom is 0.275 e. The summed E-state index contributed by atoms with van der Waals surface area (Å²) in [6.45, 7) is 0. The van der Waals surface area contributed by atoms with Crippen LogP contribution in [0.2, 0.25) is 0 Å². The fourth-order valence-corrected chi connectivity index (χ4v) is 2.48. The number of nitrogens with zero attached hydrogens (tertiary/aromatic N) is 3. The predicted octanol–water partition coefficient (Wildman–Crippen LogP) is 1.12. The molecule has 22 heavy (non-hydrogen) atoms. The summed E-state index contributed by atoms with van der Waals surface area (Å²) in [7, 11) is 0. The maximum absolute atomic E-state index is 12.2. The van der Waals surface area contributed by atoms with Gasteiger partial charge in [-0.15, -0.1) is 0 Å². The van der Waals surface area contributed by atoms with Gasteiger partial charge in [-0.1, -0.05) is 12.8 Å². The number of carbonyl (C=O) groups excluding carboxylic acids is 2. The van der Waals surface area contributed by atoms with Crippen LogP contribution >= 0.6 is 0 Å². The Kier molecular flexibility index (Phi) is 4.08. The fraction of sp³-hybridized carbons (Fsp3) is 0.357. The van der Waals surface area contributed by atoms with Gasteiger partial charge in [0.15, 0.2) is 5.69 Å². The van der Waals surface area contributed by atoms with Gasteiger partial charge in [0.25, 0.3) is 11.8 Å². The second kappa shape index (κ2) is 6.33. The van der Waals surface area contributed by atoms with Crippen LogP contribution in [-0.2, 0) is 0 Å². The van der Waals surface area contributed by atoms with Crippen molar-refractivity contribution >= 4 is 17.5 Å². The largest absolute Gasteiger partial charge is 0.348 e. The molecule has 1 aliphatic rings. The van der Waals surface area contributed by atoms with E-state index in [0.29, 0.717) is 5.69 Å². The topological polar surface area (TPSA) is 113 Å². The summed E-state index contributed by atoms with van der Waals surface area (Å²) in [5.74, 6) is -0.730. The number of hydrogen-bond donors (Lipinski definition) is 3. The molecule has 0 radical (unpaired) electrons. The smallest absolute Gasteiger partial charge is 0.275 e. The average Bonchev–Trinajstić information content (AvgIpc) is 3.19. The molecule has 2 amide bonds. The van der Waals surface area contributed by atoms with Crippen LogP contribution in [0.15, 0.2) is 24.8 Å². The molecule has 0 atom stereocenters. The van der Waals surface area contributed by atoms with Gasteiger partial charge in [0.2, 0.25) is 0 Å². The molecule has 0 saturated heterocycles. The first-order valence-corrected chi connectivity index (χ1v) is 7.16. The normalized spacial score (nSPS) is 14.7. The minimum Gasteiger partial charge on any atom is -0.348 e. The number of amides is 2. The zero-order valence-corrected chi connectivity index (χ0v) is 11.9. The van der Waals surface area contributed by atoms with Crippen molar-refractivity contribution in [3.63, 3.8) is 0 Å². The molecule has 1 fully saturated rings. The molecule has 0 aromatic carbocycles. The van der Waals surface area contributed by atoms with E-state index in [-0.39, 0.29) is 23.3 Å². The second-order valence-corrected chi connectivity index (χ2v) is 5.15. The Morgan fingerprint density at radius 2 is 2.00 bits per heavy atom. The van der Waals surface area contributed by atoms with Gasteiger partial charge >= 0.3 is 0 Å². The van der Waals surface area contributed by atoms with Gasteiger partial charge < -0.3 is 10.6 Å². The number of anilines is 1. The SMILES string of the molecule is O=C(Nc1c[nH]nc1C(=O)NC1CCCC1)c1cnccn1. The molecule has 1 saturated carbocycles. The summed E-state index contributed by atoms with van der Waals surface area (Å²) in [5, 5.41) is 12.1. The minimum atomic E-state index is -0.440. The highest BCUT2D eigenvalue weighted by Crippen LogP contribution is 2.19. The van der Waals surface area contributed by atoms with E-state index in [1.807, 2.05) is 0 Å². The molecular formula is C14H16N6O2. The minimum absolute atomic E-state index is 0.171. The Balaban J connectivity index is 1.69. The van der Waals surface area contributed by atoms with E-state index >= 15 is 0 Å². The molecule has 2 aromatic rings.